The van der Waals surface area contributed by atoms with E-state index in [1.807, 2.05) is 23.5 Å². The van der Waals surface area contributed by atoms with Gasteiger partial charge in [0.2, 0.25) is 0 Å². The van der Waals surface area contributed by atoms with Gasteiger partial charge in [0.25, 0.3) is 0 Å². The molecule has 7 rings (SSSR count). The number of allylic oxidation sites excluding steroid dienone is 2. The fourth-order valence-corrected chi connectivity index (χ4v) is 7.09. The number of aryl methyl sites for hydroxylation is 1. The molecule has 7 aromatic rings. The van der Waals surface area contributed by atoms with E-state index in [1.54, 1.807) is 0 Å². The van der Waals surface area contributed by atoms with E-state index in [0.29, 0.717) is 0 Å². The molecule has 40 heavy (non-hydrogen) atoms. The summed E-state index contributed by atoms with van der Waals surface area (Å²) in [5.41, 5.74) is 8.83. The van der Waals surface area contributed by atoms with Gasteiger partial charge in [-0.25, -0.2) is 0 Å². The molecule has 0 unspecified atom stereocenters. The van der Waals surface area contributed by atoms with Gasteiger partial charge >= 0.3 is 0 Å². The Morgan fingerprint density at radius 1 is 0.525 bits per heavy atom. The van der Waals surface area contributed by atoms with Crippen LogP contribution in [0.2, 0.25) is 0 Å². The van der Waals surface area contributed by atoms with Gasteiger partial charge < -0.3 is 0 Å². The van der Waals surface area contributed by atoms with Gasteiger partial charge in [-0.05, 0) is 84.9 Å². The fraction of sp³-hybridized carbons (Fsp3) is 0.0256. The molecule has 0 spiro atoms. The summed E-state index contributed by atoms with van der Waals surface area (Å²) in [4.78, 5) is 1.33. The standard InChI is InChI=1S/C39H28S/c1-3-4-17-31-26(2)40-37-25-30(22-23-32(31)37)39-35-20-10-8-18-33(35)38(34-19-9-11-21-36(34)39)29-16-12-15-28(24-29)27-13-6-5-7-14-27/h3-25H,1H2,2H3/b17-4-. The number of rotatable bonds is 5. The maximum atomic E-state index is 3.85. The second-order valence-corrected chi connectivity index (χ2v) is 11.4. The van der Waals surface area contributed by atoms with E-state index in [4.69, 9.17) is 0 Å². The van der Waals surface area contributed by atoms with Crippen molar-refractivity contribution in [2.24, 2.45) is 0 Å². The third kappa shape index (κ3) is 4.07. The third-order valence-electron chi connectivity index (χ3n) is 7.79. The lowest BCUT2D eigenvalue weighted by Gasteiger charge is -2.18. The van der Waals surface area contributed by atoms with Crippen LogP contribution in [0.3, 0.4) is 0 Å². The van der Waals surface area contributed by atoms with E-state index >= 15 is 0 Å². The molecule has 1 heteroatoms. The molecule has 0 aliphatic rings. The van der Waals surface area contributed by atoms with E-state index in [9.17, 15) is 0 Å². The first-order chi connectivity index (χ1) is 19.7. The summed E-state index contributed by atoms with van der Waals surface area (Å²) in [5.74, 6) is 0. The maximum absolute atomic E-state index is 3.85. The molecule has 0 nitrogen and oxygen atoms in total. The van der Waals surface area contributed by atoms with Crippen LogP contribution in [-0.2, 0) is 0 Å². The molecule has 0 aliphatic heterocycles. The molecule has 0 aliphatic carbocycles. The molecular formula is C39H28S. The number of hydrogen-bond acceptors (Lipinski definition) is 1. The summed E-state index contributed by atoms with van der Waals surface area (Å²) in [6, 6.07) is 44.3. The Bertz CT molecular complexity index is 2020. The Morgan fingerprint density at radius 3 is 1.70 bits per heavy atom. The van der Waals surface area contributed by atoms with E-state index < -0.39 is 0 Å². The van der Waals surface area contributed by atoms with Crippen molar-refractivity contribution in [1.82, 2.24) is 0 Å². The summed E-state index contributed by atoms with van der Waals surface area (Å²) < 4.78 is 1.31. The fourth-order valence-electron chi connectivity index (χ4n) is 6.00. The molecule has 0 saturated heterocycles. The second-order valence-electron chi connectivity index (χ2n) is 10.2. The zero-order valence-electron chi connectivity index (χ0n) is 22.4. The Balaban J connectivity index is 1.50. The molecule has 190 valence electrons. The Labute approximate surface area is 239 Å². The van der Waals surface area contributed by atoms with E-state index in [2.05, 4.69) is 141 Å². The first-order valence-corrected chi connectivity index (χ1v) is 14.5. The first-order valence-electron chi connectivity index (χ1n) is 13.6. The van der Waals surface area contributed by atoms with Crippen molar-refractivity contribution in [3.8, 4) is 33.4 Å². The van der Waals surface area contributed by atoms with Crippen molar-refractivity contribution < 1.29 is 0 Å². The lowest BCUT2D eigenvalue weighted by molar-refractivity contribution is 1.61. The van der Waals surface area contributed by atoms with Gasteiger partial charge in [-0.15, -0.1) is 11.3 Å². The number of thiophene rings is 1. The normalized spacial score (nSPS) is 11.6. The predicted molar refractivity (Wildman–Crippen MR) is 177 cm³/mol. The molecule has 0 atom stereocenters. The van der Waals surface area contributed by atoms with Crippen LogP contribution < -0.4 is 0 Å². The number of fused-ring (bicyclic) bond motifs is 3. The van der Waals surface area contributed by atoms with Gasteiger partial charge in [-0.2, -0.15) is 0 Å². The van der Waals surface area contributed by atoms with E-state index in [0.717, 1.165) is 0 Å². The van der Waals surface area contributed by atoms with Crippen LogP contribution in [0.4, 0.5) is 0 Å². The van der Waals surface area contributed by atoms with Gasteiger partial charge in [0.05, 0.1) is 0 Å². The Kier molecular flexibility index (Phi) is 6.15. The Morgan fingerprint density at radius 2 is 1.07 bits per heavy atom. The van der Waals surface area contributed by atoms with Crippen LogP contribution in [0.5, 0.6) is 0 Å². The summed E-state index contributed by atoms with van der Waals surface area (Å²) in [6.07, 6.45) is 6.03. The van der Waals surface area contributed by atoms with E-state index in [1.165, 1.54) is 75.5 Å². The lowest BCUT2D eigenvalue weighted by Crippen LogP contribution is -1.91. The summed E-state index contributed by atoms with van der Waals surface area (Å²) in [5, 5.41) is 6.41. The topological polar surface area (TPSA) is 0 Å². The molecule has 1 aromatic heterocycles. The minimum absolute atomic E-state index is 1.23. The molecule has 0 saturated carbocycles. The van der Waals surface area contributed by atoms with Gasteiger partial charge in [0, 0.05) is 9.58 Å². The molecule has 0 fully saturated rings. The molecular weight excluding hydrogens is 500 g/mol. The van der Waals surface area contributed by atoms with Crippen molar-refractivity contribution in [2.45, 2.75) is 6.92 Å². The second kappa shape index (κ2) is 10.1. The Hall–Kier alpha value is -4.72. The van der Waals surface area contributed by atoms with Crippen molar-refractivity contribution in [3.63, 3.8) is 0 Å². The van der Waals surface area contributed by atoms with Crippen LogP contribution in [-0.4, -0.2) is 0 Å². The minimum atomic E-state index is 1.23. The molecule has 1 heterocycles. The molecule has 0 bridgehead atoms. The molecule has 0 radical (unpaired) electrons. The number of benzene rings is 6. The van der Waals surface area contributed by atoms with Gasteiger partial charge in [0.1, 0.15) is 0 Å². The zero-order valence-corrected chi connectivity index (χ0v) is 23.2. The zero-order chi connectivity index (χ0) is 27.1. The largest absolute Gasteiger partial charge is 0.140 e. The highest BCUT2D eigenvalue weighted by Gasteiger charge is 2.18. The van der Waals surface area contributed by atoms with Crippen LogP contribution in [0, 0.1) is 6.92 Å². The van der Waals surface area contributed by atoms with Crippen molar-refractivity contribution in [1.29, 1.82) is 0 Å². The van der Waals surface area contributed by atoms with Crippen LogP contribution in [0.25, 0.3) is 71.1 Å². The highest BCUT2D eigenvalue weighted by Crippen LogP contribution is 2.45. The van der Waals surface area contributed by atoms with Crippen LogP contribution in [0.15, 0.2) is 140 Å². The third-order valence-corrected chi connectivity index (χ3v) is 8.88. The summed E-state index contributed by atoms with van der Waals surface area (Å²) in [7, 11) is 0. The quantitative estimate of drug-likeness (QED) is 0.154. The monoisotopic (exact) mass is 528 g/mol. The van der Waals surface area contributed by atoms with Crippen LogP contribution in [0.1, 0.15) is 10.4 Å². The van der Waals surface area contributed by atoms with Crippen molar-refractivity contribution in [3.05, 3.63) is 150 Å². The number of hydrogen-bond donors (Lipinski definition) is 0. The smallest absolute Gasteiger partial charge is 0.0357 e. The van der Waals surface area contributed by atoms with Gasteiger partial charge in [0.15, 0.2) is 0 Å². The minimum Gasteiger partial charge on any atom is -0.140 e. The highest BCUT2D eigenvalue weighted by atomic mass is 32.1. The van der Waals surface area contributed by atoms with Gasteiger partial charge in [-0.3, -0.25) is 0 Å². The maximum Gasteiger partial charge on any atom is 0.0357 e. The first kappa shape index (κ1) is 24.3. The molecule has 0 amide bonds. The molecule has 0 N–H and O–H groups in total. The van der Waals surface area contributed by atoms with Crippen LogP contribution >= 0.6 is 11.3 Å². The summed E-state index contributed by atoms with van der Waals surface area (Å²) in [6.45, 7) is 6.05. The highest BCUT2D eigenvalue weighted by molar-refractivity contribution is 7.19. The van der Waals surface area contributed by atoms with Crippen molar-refractivity contribution >= 4 is 49.0 Å². The van der Waals surface area contributed by atoms with Gasteiger partial charge in [-0.1, -0.05) is 134 Å². The predicted octanol–water partition coefficient (Wildman–Crippen LogP) is 11.7. The SMILES string of the molecule is C=C/C=C\c1c(C)sc2cc(-c3c4ccccc4c(-c4cccc(-c5ccccc5)c4)c4ccccc34)ccc12. The summed E-state index contributed by atoms with van der Waals surface area (Å²) >= 11 is 1.86. The van der Waals surface area contributed by atoms with Crippen molar-refractivity contribution in [2.75, 3.05) is 0 Å². The molecule has 6 aromatic carbocycles. The average molecular weight is 529 g/mol. The lowest BCUT2D eigenvalue weighted by atomic mass is 9.85. The van der Waals surface area contributed by atoms with E-state index in [-0.39, 0.29) is 0 Å². The average Bonchev–Trinajstić information content (AvgIpc) is 3.32.